The van der Waals surface area contributed by atoms with E-state index in [1.807, 2.05) is 18.4 Å². The van der Waals surface area contributed by atoms with Crippen LogP contribution in [0.25, 0.3) is 0 Å². The highest BCUT2D eigenvalue weighted by Gasteiger charge is 2.29. The van der Waals surface area contributed by atoms with Gasteiger partial charge in [0.15, 0.2) is 0 Å². The maximum Gasteiger partial charge on any atom is 0.288 e. The fourth-order valence-corrected chi connectivity index (χ4v) is 3.74. The molecular weight excluding hydrogens is 468 g/mol. The Bertz CT molecular complexity index is 1060. The second-order valence-electron chi connectivity index (χ2n) is 7.56. The van der Waals surface area contributed by atoms with Gasteiger partial charge in [-0.1, -0.05) is 37.6 Å². The van der Waals surface area contributed by atoms with Gasteiger partial charge in [-0.15, -0.1) is 11.8 Å². The van der Waals surface area contributed by atoms with E-state index in [1.165, 1.54) is 35.8 Å². The van der Waals surface area contributed by atoms with Gasteiger partial charge in [0.25, 0.3) is 11.6 Å². The van der Waals surface area contributed by atoms with Crippen LogP contribution in [0.5, 0.6) is 0 Å². The highest BCUT2D eigenvalue weighted by molar-refractivity contribution is 7.98. The molecule has 0 spiro atoms. The summed E-state index contributed by atoms with van der Waals surface area (Å²) in [6, 6.07) is 10.0. The molecule has 0 aliphatic carbocycles. The van der Waals surface area contributed by atoms with Crippen LogP contribution in [0.1, 0.15) is 24.2 Å². The second kappa shape index (κ2) is 11.7. The number of thioether (sulfide) groups is 1. The fourth-order valence-electron chi connectivity index (χ4n) is 3.00. The van der Waals surface area contributed by atoms with E-state index in [1.54, 1.807) is 26.0 Å². The molecule has 33 heavy (non-hydrogen) atoms. The second-order valence-corrected chi connectivity index (χ2v) is 8.82. The molecule has 11 heteroatoms. The normalized spacial score (nSPS) is 11.6. The van der Waals surface area contributed by atoms with E-state index in [0.717, 1.165) is 11.0 Å². The number of carbonyl (C=O) groups excluding carboxylic acids is 3. The van der Waals surface area contributed by atoms with E-state index in [0.29, 0.717) is 5.69 Å². The number of hydrogen-bond acceptors (Lipinski definition) is 6. The van der Waals surface area contributed by atoms with E-state index < -0.39 is 28.5 Å². The highest BCUT2D eigenvalue weighted by Crippen LogP contribution is 2.26. The van der Waals surface area contributed by atoms with E-state index in [-0.39, 0.29) is 29.0 Å². The lowest BCUT2D eigenvalue weighted by Crippen LogP contribution is -2.51. The standard InChI is InChI=1S/C22H25ClN4O5S/c1-13(2)20(25-21(29)14-9-10-15(23)17(11-14)27(31)32)22(30)26(3)12-19(28)24-16-7-5-6-8-18(16)33-4/h5-11,13,20H,12H2,1-4H3,(H,24,28)(H,25,29). The van der Waals surface area contributed by atoms with Crippen molar-refractivity contribution in [3.63, 3.8) is 0 Å². The summed E-state index contributed by atoms with van der Waals surface area (Å²) in [6.45, 7) is 3.28. The van der Waals surface area contributed by atoms with E-state index in [4.69, 9.17) is 11.6 Å². The van der Waals surface area contributed by atoms with Crippen molar-refractivity contribution in [1.82, 2.24) is 10.2 Å². The molecule has 0 heterocycles. The van der Waals surface area contributed by atoms with Gasteiger partial charge in [-0.2, -0.15) is 0 Å². The number of halogens is 1. The molecule has 0 saturated heterocycles. The van der Waals surface area contributed by atoms with Crippen LogP contribution >= 0.6 is 23.4 Å². The lowest BCUT2D eigenvalue weighted by atomic mass is 10.0. The maximum absolute atomic E-state index is 13.0. The number of rotatable bonds is 9. The summed E-state index contributed by atoms with van der Waals surface area (Å²) in [5, 5.41) is 16.4. The van der Waals surface area contributed by atoms with Crippen molar-refractivity contribution in [2.24, 2.45) is 5.92 Å². The van der Waals surface area contributed by atoms with Crippen molar-refractivity contribution in [1.29, 1.82) is 0 Å². The molecule has 0 radical (unpaired) electrons. The zero-order valence-electron chi connectivity index (χ0n) is 18.6. The Labute approximate surface area is 201 Å². The van der Waals surface area contributed by atoms with Crippen molar-refractivity contribution in [3.05, 3.63) is 63.2 Å². The Balaban J connectivity index is 2.09. The molecular formula is C22H25ClN4O5S. The molecule has 2 aromatic rings. The Hall–Kier alpha value is -3.11. The van der Waals surface area contributed by atoms with Crippen LogP contribution in [0.15, 0.2) is 47.4 Å². The summed E-state index contributed by atoms with van der Waals surface area (Å²) < 4.78 is 0. The topological polar surface area (TPSA) is 122 Å². The molecule has 3 amide bonds. The smallest absolute Gasteiger partial charge is 0.288 e. The third kappa shape index (κ3) is 6.93. The predicted octanol–water partition coefficient (Wildman–Crippen LogP) is 3.82. The molecule has 2 aromatic carbocycles. The van der Waals surface area contributed by atoms with Crippen molar-refractivity contribution in [2.45, 2.75) is 24.8 Å². The van der Waals surface area contributed by atoms with Gasteiger partial charge in [-0.25, -0.2) is 0 Å². The first kappa shape index (κ1) is 26.1. The Morgan fingerprint density at radius 2 is 1.85 bits per heavy atom. The van der Waals surface area contributed by atoms with Gasteiger partial charge >= 0.3 is 0 Å². The van der Waals surface area contributed by atoms with Crippen molar-refractivity contribution in [2.75, 3.05) is 25.2 Å². The lowest BCUT2D eigenvalue weighted by molar-refractivity contribution is -0.384. The van der Waals surface area contributed by atoms with Crippen molar-refractivity contribution in [3.8, 4) is 0 Å². The van der Waals surface area contributed by atoms with Crippen molar-refractivity contribution < 1.29 is 19.3 Å². The monoisotopic (exact) mass is 492 g/mol. The summed E-state index contributed by atoms with van der Waals surface area (Å²) in [4.78, 5) is 50.7. The molecule has 9 nitrogen and oxygen atoms in total. The van der Waals surface area contributed by atoms with E-state index >= 15 is 0 Å². The van der Waals surface area contributed by atoms with Gasteiger partial charge < -0.3 is 15.5 Å². The first-order valence-corrected chi connectivity index (χ1v) is 11.6. The third-order valence-electron chi connectivity index (χ3n) is 4.76. The van der Waals surface area contributed by atoms with E-state index in [9.17, 15) is 24.5 Å². The summed E-state index contributed by atoms with van der Waals surface area (Å²) in [5.41, 5.74) is 0.239. The number of para-hydroxylation sites is 1. The number of benzene rings is 2. The molecule has 0 aliphatic heterocycles. The summed E-state index contributed by atoms with van der Waals surface area (Å²) in [6.07, 6.45) is 1.89. The Morgan fingerprint density at radius 3 is 2.45 bits per heavy atom. The van der Waals surface area contributed by atoms with Crippen LogP contribution in [0.2, 0.25) is 5.02 Å². The number of nitro benzene ring substituents is 1. The van der Waals surface area contributed by atoms with Crippen LogP contribution in [-0.4, -0.2) is 53.4 Å². The average molecular weight is 493 g/mol. The zero-order chi connectivity index (χ0) is 24.7. The quantitative estimate of drug-likeness (QED) is 0.312. The van der Waals surface area contributed by atoms with Crippen LogP contribution < -0.4 is 10.6 Å². The van der Waals surface area contributed by atoms with E-state index in [2.05, 4.69) is 10.6 Å². The van der Waals surface area contributed by atoms with Crippen LogP contribution in [-0.2, 0) is 9.59 Å². The number of amides is 3. The van der Waals surface area contributed by atoms with Crippen LogP contribution in [0.3, 0.4) is 0 Å². The van der Waals surface area contributed by atoms with Gasteiger partial charge in [0.05, 0.1) is 17.2 Å². The highest BCUT2D eigenvalue weighted by atomic mass is 35.5. The molecule has 0 aliphatic rings. The maximum atomic E-state index is 13.0. The largest absolute Gasteiger partial charge is 0.340 e. The molecule has 176 valence electrons. The number of likely N-dealkylation sites (N-methyl/N-ethyl adjacent to an activating group) is 1. The molecule has 0 aromatic heterocycles. The number of anilines is 1. The molecule has 2 N–H and O–H groups in total. The lowest BCUT2D eigenvalue weighted by Gasteiger charge is -2.27. The SMILES string of the molecule is CSc1ccccc1NC(=O)CN(C)C(=O)C(NC(=O)c1ccc(Cl)c([N+](=O)[O-])c1)C(C)C. The average Bonchev–Trinajstić information content (AvgIpc) is 2.76. The number of carbonyl (C=O) groups is 3. The molecule has 0 saturated carbocycles. The number of nitrogens with zero attached hydrogens (tertiary/aromatic N) is 2. The predicted molar refractivity (Wildman–Crippen MR) is 129 cm³/mol. The summed E-state index contributed by atoms with van der Waals surface area (Å²) >= 11 is 7.28. The molecule has 0 bridgehead atoms. The molecule has 2 rings (SSSR count). The zero-order valence-corrected chi connectivity index (χ0v) is 20.2. The van der Waals surface area contributed by atoms with Gasteiger partial charge in [0.1, 0.15) is 11.1 Å². The first-order chi connectivity index (χ1) is 15.5. The minimum absolute atomic E-state index is 0.00128. The Kier molecular flexibility index (Phi) is 9.24. The number of nitrogens with one attached hydrogen (secondary N) is 2. The van der Waals surface area contributed by atoms with Gasteiger partial charge in [0, 0.05) is 23.6 Å². The molecule has 0 fully saturated rings. The number of hydrogen-bond donors (Lipinski definition) is 2. The summed E-state index contributed by atoms with van der Waals surface area (Å²) in [5.74, 6) is -1.80. The third-order valence-corrected chi connectivity index (χ3v) is 5.88. The molecule has 1 unspecified atom stereocenters. The van der Waals surface area contributed by atoms with Gasteiger partial charge in [0.2, 0.25) is 11.8 Å². The van der Waals surface area contributed by atoms with Crippen LogP contribution in [0.4, 0.5) is 11.4 Å². The molecule has 1 atom stereocenters. The number of nitro groups is 1. The minimum atomic E-state index is -0.941. The van der Waals surface area contributed by atoms with Crippen LogP contribution in [0, 0.1) is 16.0 Å². The minimum Gasteiger partial charge on any atom is -0.340 e. The van der Waals surface area contributed by atoms with Gasteiger partial charge in [-0.3, -0.25) is 24.5 Å². The van der Waals surface area contributed by atoms with Crippen molar-refractivity contribution >= 4 is 52.5 Å². The van der Waals surface area contributed by atoms with Gasteiger partial charge in [-0.05, 0) is 36.4 Å². The first-order valence-electron chi connectivity index (χ1n) is 9.97. The Morgan fingerprint density at radius 1 is 1.18 bits per heavy atom. The summed E-state index contributed by atoms with van der Waals surface area (Å²) in [7, 11) is 1.47. The fraction of sp³-hybridized carbons (Fsp3) is 0.318.